The first-order chi connectivity index (χ1) is 30.7. The van der Waals surface area contributed by atoms with E-state index in [2.05, 4.69) is 29.0 Å². The van der Waals surface area contributed by atoms with E-state index in [0.717, 1.165) is 74.5 Å². The smallest absolute Gasteiger partial charge is 0.417 e. The zero-order chi connectivity index (χ0) is 45.0. The van der Waals surface area contributed by atoms with E-state index >= 15 is 0 Å². The van der Waals surface area contributed by atoms with Gasteiger partial charge in [-0.1, -0.05) is 24.3 Å². The third kappa shape index (κ3) is 7.98. The van der Waals surface area contributed by atoms with Crippen LogP contribution in [0.2, 0.25) is 0 Å². The second kappa shape index (κ2) is 16.9. The molecular formula is C48H46F3N7O6. The van der Waals surface area contributed by atoms with E-state index in [0.29, 0.717) is 40.5 Å². The van der Waals surface area contributed by atoms with Gasteiger partial charge < -0.3 is 4.74 Å². The summed E-state index contributed by atoms with van der Waals surface area (Å²) in [6, 6.07) is 24.0. The average molecular weight is 874 g/mol. The van der Waals surface area contributed by atoms with Gasteiger partial charge in [-0.3, -0.25) is 48.3 Å². The lowest BCUT2D eigenvalue weighted by Gasteiger charge is -2.46. The lowest BCUT2D eigenvalue weighted by atomic mass is 9.85. The van der Waals surface area contributed by atoms with Crippen LogP contribution >= 0.6 is 0 Å². The monoisotopic (exact) mass is 873 g/mol. The molecule has 0 bridgehead atoms. The Morgan fingerprint density at radius 2 is 1.48 bits per heavy atom. The highest BCUT2D eigenvalue weighted by Gasteiger charge is 2.45. The number of carbonyl (C=O) groups is 4. The summed E-state index contributed by atoms with van der Waals surface area (Å²) in [5.41, 5.74) is 0.947. The Kier molecular flexibility index (Phi) is 11.2. The minimum atomic E-state index is -4.77. The molecule has 1 unspecified atom stereocenters. The van der Waals surface area contributed by atoms with Crippen LogP contribution in [-0.2, 0) is 22.3 Å². The molecule has 16 heteroatoms. The van der Waals surface area contributed by atoms with Gasteiger partial charge in [0.25, 0.3) is 11.8 Å². The molecule has 3 aliphatic heterocycles. The van der Waals surface area contributed by atoms with E-state index in [4.69, 9.17) is 4.74 Å². The van der Waals surface area contributed by atoms with Crippen LogP contribution in [-0.4, -0.2) is 91.3 Å². The number of ether oxygens (including phenoxy) is 1. The van der Waals surface area contributed by atoms with Crippen molar-refractivity contribution in [2.75, 3.05) is 19.6 Å². The number of rotatable bonds is 11. The second-order valence-corrected chi connectivity index (χ2v) is 17.5. The number of nitrogens with zero attached hydrogens (tertiary/aromatic N) is 6. The van der Waals surface area contributed by atoms with Gasteiger partial charge in [-0.2, -0.15) is 18.4 Å². The number of fused-ring (bicyclic) bond motifs is 2. The van der Waals surface area contributed by atoms with E-state index in [1.807, 2.05) is 24.3 Å². The number of halogens is 3. The summed E-state index contributed by atoms with van der Waals surface area (Å²) in [6.45, 7) is 8.02. The quantitative estimate of drug-likeness (QED) is 0.145. The summed E-state index contributed by atoms with van der Waals surface area (Å²) >= 11 is 0. The first-order valence-corrected chi connectivity index (χ1v) is 21.6. The molecule has 64 heavy (non-hydrogen) atoms. The minimum absolute atomic E-state index is 0.0171. The number of hydrogen-bond acceptors (Lipinski definition) is 9. The first-order valence-electron chi connectivity index (χ1n) is 21.6. The molecule has 1 N–H and O–H groups in total. The van der Waals surface area contributed by atoms with Gasteiger partial charge in [0.15, 0.2) is 0 Å². The minimum Gasteiger partial charge on any atom is -0.490 e. The van der Waals surface area contributed by atoms with Gasteiger partial charge >= 0.3 is 11.9 Å². The summed E-state index contributed by atoms with van der Waals surface area (Å²) in [6.07, 6.45) is -0.887. The molecule has 0 spiro atoms. The molecular weight excluding hydrogens is 828 g/mol. The molecule has 0 radical (unpaired) electrons. The van der Waals surface area contributed by atoms with E-state index in [1.54, 1.807) is 48.5 Å². The number of carbonyl (C=O) groups excluding carboxylic acids is 4. The second-order valence-electron chi connectivity index (χ2n) is 17.5. The van der Waals surface area contributed by atoms with Crippen LogP contribution in [0.25, 0.3) is 22.4 Å². The average Bonchev–Trinajstić information content (AvgIpc) is 3.69. The van der Waals surface area contributed by atoms with Gasteiger partial charge in [-0.15, -0.1) is 0 Å². The van der Waals surface area contributed by atoms with Crippen LogP contribution < -0.4 is 15.7 Å². The van der Waals surface area contributed by atoms with E-state index in [1.165, 1.54) is 15.2 Å². The molecule has 2 saturated heterocycles. The molecule has 4 aromatic carbocycles. The number of piperidine rings is 2. The van der Waals surface area contributed by atoms with Crippen LogP contribution in [0.15, 0.2) is 89.7 Å². The van der Waals surface area contributed by atoms with Gasteiger partial charge in [-0.25, -0.2) is 4.79 Å². The van der Waals surface area contributed by atoms with Crippen LogP contribution in [0.4, 0.5) is 13.2 Å². The molecule has 1 aromatic heterocycles. The number of nitrogens with one attached hydrogen (secondary N) is 1. The summed E-state index contributed by atoms with van der Waals surface area (Å²) in [5, 5.41) is 11.5. The number of hydrogen-bond donors (Lipinski definition) is 1. The van der Waals surface area contributed by atoms with Crippen molar-refractivity contribution in [2.45, 2.75) is 89.3 Å². The maximum absolute atomic E-state index is 14.0. The molecule has 9 rings (SSSR count). The highest BCUT2D eigenvalue weighted by molar-refractivity contribution is 6.23. The molecule has 330 valence electrons. The van der Waals surface area contributed by atoms with Gasteiger partial charge in [0, 0.05) is 44.4 Å². The topological polar surface area (TPSA) is 150 Å². The predicted molar refractivity (Wildman–Crippen MR) is 229 cm³/mol. The van der Waals surface area contributed by atoms with E-state index in [-0.39, 0.29) is 35.8 Å². The molecule has 1 saturated carbocycles. The van der Waals surface area contributed by atoms with Gasteiger partial charge in [0.2, 0.25) is 11.8 Å². The maximum atomic E-state index is 14.0. The van der Waals surface area contributed by atoms with Crippen molar-refractivity contribution in [3.8, 4) is 23.2 Å². The van der Waals surface area contributed by atoms with Gasteiger partial charge in [0.1, 0.15) is 17.9 Å². The molecule has 1 atom stereocenters. The van der Waals surface area contributed by atoms with Crippen molar-refractivity contribution in [3.05, 3.63) is 123 Å². The van der Waals surface area contributed by atoms with Crippen LogP contribution in [0.5, 0.6) is 5.75 Å². The molecule has 4 amide bonds. The number of aromatic nitrogens is 2. The Morgan fingerprint density at radius 3 is 2.12 bits per heavy atom. The zero-order valence-corrected chi connectivity index (χ0v) is 35.3. The number of imide groups is 2. The van der Waals surface area contributed by atoms with Crippen molar-refractivity contribution in [1.82, 2.24) is 29.2 Å². The maximum Gasteiger partial charge on any atom is 0.417 e. The molecule has 3 fully saturated rings. The number of alkyl halides is 3. The summed E-state index contributed by atoms with van der Waals surface area (Å²) < 4.78 is 50.6. The third-order valence-electron chi connectivity index (χ3n) is 13.1. The van der Waals surface area contributed by atoms with E-state index < -0.39 is 52.7 Å². The number of likely N-dealkylation sites (tertiary alicyclic amines) is 1. The molecule has 13 nitrogen and oxygen atoms in total. The normalized spacial score (nSPS) is 20.8. The lowest BCUT2D eigenvalue weighted by molar-refractivity contribution is -0.138. The lowest BCUT2D eigenvalue weighted by Crippen LogP contribution is -2.54. The molecule has 5 aromatic rings. The first kappa shape index (κ1) is 42.7. The summed E-state index contributed by atoms with van der Waals surface area (Å²) in [4.78, 5) is 70.4. The Bertz CT molecular complexity index is 2780. The fraction of sp³-hybridized carbons (Fsp3) is 0.375. The largest absolute Gasteiger partial charge is 0.490 e. The summed E-state index contributed by atoms with van der Waals surface area (Å²) in [7, 11) is 0. The predicted octanol–water partition coefficient (Wildman–Crippen LogP) is 6.61. The Labute approximate surface area is 366 Å². The standard InChI is InChI=1S/C48H46F3N7O6/c1-28(2)55(34-21-36(22-34)64-35-13-14-37-38(24-35)46(62)58(45(37)61)42-15-16-43(59)53-44(42)60)27-30-17-19-54(20-18-30)26-29-7-10-32(11-8-29)56-40-5-3-4-6-41(40)57(47(56)63)33-12-9-31(25-52)39(23-33)48(49,50)51/h3-14,23-24,28,30,34,36,42H,15-22,26-27H2,1-2H3,(H,53,59,60)/t34-,36-,42?. The molecule has 1 aliphatic carbocycles. The highest BCUT2D eigenvalue weighted by Crippen LogP contribution is 2.37. The van der Waals surface area contributed by atoms with Crippen molar-refractivity contribution in [3.63, 3.8) is 0 Å². The van der Waals surface area contributed by atoms with Crippen molar-refractivity contribution in [1.29, 1.82) is 5.26 Å². The fourth-order valence-electron chi connectivity index (χ4n) is 9.69. The van der Waals surface area contributed by atoms with Crippen LogP contribution in [0, 0.1) is 17.2 Å². The van der Waals surface area contributed by atoms with Crippen molar-refractivity contribution in [2.24, 2.45) is 5.92 Å². The Morgan fingerprint density at radius 1 is 0.828 bits per heavy atom. The SMILES string of the molecule is CC(C)N(CC1CCN(Cc2ccc(-n3c(=O)n(-c4ccc(C#N)c(C(F)(F)F)c4)c4ccccc43)cc2)CC1)[C@H]1C[C@H](Oc2ccc3c(c2)C(=O)N(C2CCC(=O)NC2=O)C3=O)C1. The zero-order valence-electron chi connectivity index (χ0n) is 35.3. The van der Waals surface area contributed by atoms with Crippen molar-refractivity contribution >= 4 is 34.7 Å². The number of benzene rings is 4. The Balaban J connectivity index is 0.787. The number of para-hydroxylation sites is 2. The third-order valence-corrected chi connectivity index (χ3v) is 13.1. The van der Waals surface area contributed by atoms with Crippen LogP contribution in [0.1, 0.15) is 89.8 Å². The Hall–Kier alpha value is -6.57. The fourth-order valence-corrected chi connectivity index (χ4v) is 9.69. The summed E-state index contributed by atoms with van der Waals surface area (Å²) in [5.74, 6) is -1.14. The van der Waals surface area contributed by atoms with Gasteiger partial charge in [0.05, 0.1) is 50.7 Å². The van der Waals surface area contributed by atoms with Gasteiger partial charge in [-0.05, 0) is 118 Å². The number of nitriles is 1. The van der Waals surface area contributed by atoms with Crippen molar-refractivity contribution < 1.29 is 37.1 Å². The number of amides is 4. The van der Waals surface area contributed by atoms with E-state index in [9.17, 15) is 42.4 Å². The molecule has 4 heterocycles. The van der Waals surface area contributed by atoms with Crippen LogP contribution in [0.3, 0.4) is 0 Å². The highest BCUT2D eigenvalue weighted by atomic mass is 19.4. The molecule has 4 aliphatic rings. The number of imidazole rings is 1.